The van der Waals surface area contributed by atoms with Gasteiger partial charge in [0.1, 0.15) is 5.82 Å². The lowest BCUT2D eigenvalue weighted by molar-refractivity contribution is 0.562. The molecule has 0 saturated heterocycles. The van der Waals surface area contributed by atoms with Gasteiger partial charge >= 0.3 is 0 Å². The van der Waals surface area contributed by atoms with Gasteiger partial charge in [0.25, 0.3) is 0 Å². The van der Waals surface area contributed by atoms with Gasteiger partial charge in [-0.05, 0) is 30.4 Å². The number of aromatic nitrogens is 1. The first-order valence-corrected chi connectivity index (χ1v) is 5.70. The first-order valence-electron chi connectivity index (χ1n) is 5.70. The Hall–Kier alpha value is -1.25. The highest BCUT2D eigenvalue weighted by atomic mass is 14.9. The van der Waals surface area contributed by atoms with Crippen LogP contribution in [0.1, 0.15) is 51.0 Å². The maximum absolute atomic E-state index is 5.96. The molecule has 84 valence electrons. The smallest absolute Gasteiger partial charge is 0.146 e. The molecule has 4 N–H and O–H groups in total. The summed E-state index contributed by atoms with van der Waals surface area (Å²) < 4.78 is 0. The van der Waals surface area contributed by atoms with E-state index in [4.69, 9.17) is 11.5 Å². The van der Waals surface area contributed by atoms with Crippen LogP contribution in [-0.2, 0) is 0 Å². The number of rotatable bonds is 5. The number of pyridine rings is 1. The molecule has 0 unspecified atom stereocenters. The van der Waals surface area contributed by atoms with Crippen molar-refractivity contribution < 1.29 is 0 Å². The van der Waals surface area contributed by atoms with Crippen molar-refractivity contribution in [3.63, 3.8) is 0 Å². The number of nitrogens with zero attached hydrogens (tertiary/aromatic N) is 1. The summed E-state index contributed by atoms with van der Waals surface area (Å²) in [6.07, 6.45) is 6.43. The Labute approximate surface area is 91.9 Å². The molecule has 1 heterocycles. The number of anilines is 2. The summed E-state index contributed by atoms with van der Waals surface area (Å²) in [5, 5.41) is 0. The van der Waals surface area contributed by atoms with Crippen LogP contribution >= 0.6 is 0 Å². The molecular weight excluding hydrogens is 186 g/mol. The van der Waals surface area contributed by atoms with Gasteiger partial charge in [-0.15, -0.1) is 0 Å². The first-order chi connectivity index (χ1) is 7.20. The Bertz CT molecular complexity index is 304. The summed E-state index contributed by atoms with van der Waals surface area (Å²) in [5.41, 5.74) is 13.5. The second-order valence-electron chi connectivity index (χ2n) is 3.97. The third-order valence-corrected chi connectivity index (χ3v) is 2.77. The monoisotopic (exact) mass is 207 g/mol. The zero-order valence-electron chi connectivity index (χ0n) is 9.66. The van der Waals surface area contributed by atoms with E-state index < -0.39 is 0 Å². The number of hydrogen-bond acceptors (Lipinski definition) is 3. The second-order valence-corrected chi connectivity index (χ2v) is 3.97. The van der Waals surface area contributed by atoms with E-state index in [-0.39, 0.29) is 0 Å². The fourth-order valence-electron chi connectivity index (χ4n) is 2.01. The normalized spacial score (nSPS) is 10.9. The highest BCUT2D eigenvalue weighted by molar-refractivity contribution is 5.63. The Morgan fingerprint density at radius 2 is 1.80 bits per heavy atom. The zero-order valence-corrected chi connectivity index (χ0v) is 9.66. The minimum atomic E-state index is 0.463. The van der Waals surface area contributed by atoms with Crippen LogP contribution in [0.3, 0.4) is 0 Å². The minimum absolute atomic E-state index is 0.463. The fraction of sp³-hybridized carbons (Fsp3) is 0.583. The lowest BCUT2D eigenvalue weighted by Crippen LogP contribution is -2.06. The zero-order chi connectivity index (χ0) is 11.3. The predicted molar refractivity (Wildman–Crippen MR) is 65.6 cm³/mol. The van der Waals surface area contributed by atoms with Gasteiger partial charge in [-0.3, -0.25) is 0 Å². The van der Waals surface area contributed by atoms with E-state index in [2.05, 4.69) is 18.8 Å². The molecule has 15 heavy (non-hydrogen) atoms. The standard InChI is InChI=1S/C12H21N3/c1-3-5-9(6-4-2)10-7-8-15-12(14)11(10)13/h7-9H,3-6,13H2,1-2H3,(H2,14,15). The molecular formula is C12H21N3. The summed E-state index contributed by atoms with van der Waals surface area (Å²) in [7, 11) is 0. The fourth-order valence-corrected chi connectivity index (χ4v) is 2.01. The van der Waals surface area contributed by atoms with Crippen molar-refractivity contribution in [2.45, 2.75) is 45.4 Å². The highest BCUT2D eigenvalue weighted by Gasteiger charge is 2.14. The maximum Gasteiger partial charge on any atom is 0.146 e. The molecule has 0 radical (unpaired) electrons. The van der Waals surface area contributed by atoms with Crippen molar-refractivity contribution in [1.82, 2.24) is 4.98 Å². The van der Waals surface area contributed by atoms with Crippen molar-refractivity contribution in [3.05, 3.63) is 17.8 Å². The van der Waals surface area contributed by atoms with Gasteiger partial charge in [0.2, 0.25) is 0 Å². The first kappa shape index (κ1) is 11.8. The van der Waals surface area contributed by atoms with Gasteiger partial charge in [0, 0.05) is 6.20 Å². The number of nitrogen functional groups attached to an aromatic ring is 2. The quantitative estimate of drug-likeness (QED) is 0.780. The summed E-state index contributed by atoms with van der Waals surface area (Å²) in [6.45, 7) is 4.40. The molecule has 3 nitrogen and oxygen atoms in total. The average molecular weight is 207 g/mol. The largest absolute Gasteiger partial charge is 0.396 e. The lowest BCUT2D eigenvalue weighted by Gasteiger charge is -2.18. The van der Waals surface area contributed by atoms with Crippen LogP contribution in [0.15, 0.2) is 12.3 Å². The van der Waals surface area contributed by atoms with Crippen LogP contribution in [0.5, 0.6) is 0 Å². The molecule has 0 aliphatic heterocycles. The third-order valence-electron chi connectivity index (χ3n) is 2.77. The van der Waals surface area contributed by atoms with E-state index in [1.165, 1.54) is 31.2 Å². The number of nitrogens with two attached hydrogens (primary N) is 2. The van der Waals surface area contributed by atoms with Gasteiger partial charge in [0.15, 0.2) is 0 Å². The highest BCUT2D eigenvalue weighted by Crippen LogP contribution is 2.32. The summed E-state index contributed by atoms with van der Waals surface area (Å²) in [4.78, 5) is 3.99. The maximum atomic E-state index is 5.96. The van der Waals surface area contributed by atoms with Crippen LogP contribution in [0, 0.1) is 0 Å². The number of hydrogen-bond donors (Lipinski definition) is 2. The Morgan fingerprint density at radius 1 is 1.20 bits per heavy atom. The SMILES string of the molecule is CCCC(CCC)c1ccnc(N)c1N. The molecule has 0 atom stereocenters. The second kappa shape index (κ2) is 5.59. The van der Waals surface area contributed by atoms with E-state index in [1.54, 1.807) is 6.20 Å². The lowest BCUT2D eigenvalue weighted by atomic mass is 9.90. The van der Waals surface area contributed by atoms with E-state index in [1.807, 2.05) is 6.07 Å². The summed E-state index contributed by atoms with van der Waals surface area (Å²) in [5.74, 6) is 0.995. The summed E-state index contributed by atoms with van der Waals surface area (Å²) in [6, 6.07) is 2.00. The average Bonchev–Trinajstić information content (AvgIpc) is 2.22. The van der Waals surface area contributed by atoms with Gasteiger partial charge < -0.3 is 11.5 Å². The minimum Gasteiger partial charge on any atom is -0.396 e. The van der Waals surface area contributed by atoms with Crippen LogP contribution < -0.4 is 11.5 Å². The van der Waals surface area contributed by atoms with Crippen molar-refractivity contribution in [2.24, 2.45) is 0 Å². The molecule has 0 aliphatic rings. The Morgan fingerprint density at radius 3 is 2.33 bits per heavy atom. The Balaban J connectivity index is 2.94. The molecule has 0 aromatic carbocycles. The predicted octanol–water partition coefficient (Wildman–Crippen LogP) is 2.93. The molecule has 1 rings (SSSR count). The van der Waals surface area contributed by atoms with Gasteiger partial charge in [-0.1, -0.05) is 26.7 Å². The van der Waals surface area contributed by atoms with Crippen LogP contribution in [0.2, 0.25) is 0 Å². The van der Waals surface area contributed by atoms with Gasteiger partial charge in [-0.2, -0.15) is 0 Å². The molecule has 1 aromatic rings. The van der Waals surface area contributed by atoms with Gasteiger partial charge in [-0.25, -0.2) is 4.98 Å². The molecule has 1 aromatic heterocycles. The van der Waals surface area contributed by atoms with E-state index >= 15 is 0 Å². The molecule has 0 bridgehead atoms. The van der Waals surface area contributed by atoms with Crippen molar-refractivity contribution >= 4 is 11.5 Å². The van der Waals surface area contributed by atoms with Crippen LogP contribution in [0.25, 0.3) is 0 Å². The van der Waals surface area contributed by atoms with Crippen molar-refractivity contribution in [2.75, 3.05) is 11.5 Å². The van der Waals surface area contributed by atoms with E-state index in [9.17, 15) is 0 Å². The molecule has 0 fully saturated rings. The van der Waals surface area contributed by atoms with Crippen molar-refractivity contribution in [1.29, 1.82) is 0 Å². The third kappa shape index (κ3) is 2.85. The molecule has 0 saturated carbocycles. The van der Waals surface area contributed by atoms with Crippen molar-refractivity contribution in [3.8, 4) is 0 Å². The van der Waals surface area contributed by atoms with E-state index in [0.717, 1.165) is 0 Å². The van der Waals surface area contributed by atoms with Gasteiger partial charge in [0.05, 0.1) is 5.69 Å². The Kier molecular flexibility index (Phi) is 4.40. The van der Waals surface area contributed by atoms with E-state index in [0.29, 0.717) is 17.4 Å². The molecule has 0 aliphatic carbocycles. The molecule has 3 heteroatoms. The van der Waals surface area contributed by atoms with Crippen LogP contribution in [-0.4, -0.2) is 4.98 Å². The van der Waals surface area contributed by atoms with Crippen LogP contribution in [0.4, 0.5) is 11.5 Å². The molecule has 0 amide bonds. The topological polar surface area (TPSA) is 64.9 Å². The molecule has 0 spiro atoms. The summed E-state index contributed by atoms with van der Waals surface area (Å²) >= 11 is 0.